The molecule has 1 atom stereocenters. The van der Waals surface area contributed by atoms with Gasteiger partial charge in [-0.25, -0.2) is 13.4 Å². The molecule has 168 valence electrons. The first-order valence-electron chi connectivity index (χ1n) is 10.5. The number of hydrogen-bond acceptors (Lipinski definition) is 4. The molecule has 7 heteroatoms. The molecule has 0 aliphatic carbocycles. The summed E-state index contributed by atoms with van der Waals surface area (Å²) in [6.45, 7) is 6.58. The standard InChI is InChI=1S/C19H25NO2S2.C5H8N2/c1-4-18(12-17-13-19(23)11-10-15(17)2)20(24(3,21)22)14-16-8-6-5-7-9-16;1-2-5-3-6-4-7-5/h5-11,13,18,23H,4,12,14H2,1-3H3;3-4H,2H2,1H3,(H,6,7). The molecule has 0 radical (unpaired) electrons. The Labute approximate surface area is 192 Å². The third-order valence-corrected chi connectivity index (χ3v) is 6.77. The average Bonchev–Trinajstić information content (AvgIpc) is 3.27. The van der Waals surface area contributed by atoms with Crippen molar-refractivity contribution >= 4 is 22.7 Å². The van der Waals surface area contributed by atoms with E-state index in [-0.39, 0.29) is 6.04 Å². The van der Waals surface area contributed by atoms with Crippen LogP contribution in [0.15, 0.2) is 66.0 Å². The van der Waals surface area contributed by atoms with E-state index >= 15 is 0 Å². The van der Waals surface area contributed by atoms with Gasteiger partial charge in [-0.3, -0.25) is 0 Å². The van der Waals surface area contributed by atoms with E-state index in [4.69, 9.17) is 0 Å². The zero-order chi connectivity index (χ0) is 22.9. The van der Waals surface area contributed by atoms with E-state index in [1.165, 1.54) is 17.5 Å². The number of imidazole rings is 1. The summed E-state index contributed by atoms with van der Waals surface area (Å²) in [5.74, 6) is 0. The average molecular weight is 460 g/mol. The quantitative estimate of drug-likeness (QED) is 0.464. The van der Waals surface area contributed by atoms with Gasteiger partial charge in [-0.2, -0.15) is 4.31 Å². The SMILES string of the molecule is CCC(Cc1cc(S)ccc1C)N(Cc1ccccc1)S(C)(=O)=O.CCc1cnc[nH]1. The second kappa shape index (κ2) is 12.1. The second-order valence-electron chi connectivity index (χ2n) is 7.60. The molecule has 1 unspecified atom stereocenters. The van der Waals surface area contributed by atoms with E-state index in [0.29, 0.717) is 13.0 Å². The molecule has 1 aromatic heterocycles. The number of aryl methyl sites for hydroxylation is 2. The van der Waals surface area contributed by atoms with Crippen LogP contribution in [0, 0.1) is 6.92 Å². The minimum absolute atomic E-state index is 0.0750. The van der Waals surface area contributed by atoms with Crippen LogP contribution >= 0.6 is 12.6 Å². The van der Waals surface area contributed by atoms with Crippen LogP contribution in [0.25, 0.3) is 0 Å². The summed E-state index contributed by atoms with van der Waals surface area (Å²) in [6.07, 6.45) is 7.31. The number of aromatic amines is 1. The lowest BCUT2D eigenvalue weighted by Gasteiger charge is -2.29. The normalized spacial score (nSPS) is 12.3. The Balaban J connectivity index is 0.000000412. The first-order valence-corrected chi connectivity index (χ1v) is 12.8. The number of aromatic nitrogens is 2. The van der Waals surface area contributed by atoms with Crippen molar-refractivity contribution in [2.45, 2.75) is 57.5 Å². The van der Waals surface area contributed by atoms with Crippen molar-refractivity contribution in [1.29, 1.82) is 0 Å². The van der Waals surface area contributed by atoms with Crippen molar-refractivity contribution in [2.24, 2.45) is 0 Å². The maximum atomic E-state index is 12.4. The highest BCUT2D eigenvalue weighted by Crippen LogP contribution is 2.22. The zero-order valence-electron chi connectivity index (χ0n) is 18.7. The van der Waals surface area contributed by atoms with Gasteiger partial charge in [-0.05, 0) is 55.0 Å². The van der Waals surface area contributed by atoms with Gasteiger partial charge < -0.3 is 4.98 Å². The van der Waals surface area contributed by atoms with Gasteiger partial charge in [0.05, 0.1) is 12.6 Å². The third kappa shape index (κ3) is 8.16. The summed E-state index contributed by atoms with van der Waals surface area (Å²) < 4.78 is 26.4. The summed E-state index contributed by atoms with van der Waals surface area (Å²) in [6, 6.07) is 15.7. The molecule has 1 N–H and O–H groups in total. The maximum Gasteiger partial charge on any atom is 0.211 e. The number of nitrogens with zero attached hydrogens (tertiary/aromatic N) is 2. The van der Waals surface area contributed by atoms with Crippen molar-refractivity contribution in [2.75, 3.05) is 6.26 Å². The number of nitrogens with one attached hydrogen (secondary N) is 1. The van der Waals surface area contributed by atoms with Crippen LogP contribution in [0.3, 0.4) is 0 Å². The van der Waals surface area contributed by atoms with Gasteiger partial charge in [-0.1, -0.05) is 50.2 Å². The van der Waals surface area contributed by atoms with Crippen LogP contribution in [-0.4, -0.2) is 35.0 Å². The molecule has 0 bridgehead atoms. The first-order chi connectivity index (χ1) is 14.7. The van der Waals surface area contributed by atoms with Crippen LogP contribution in [0.1, 0.15) is 42.7 Å². The summed E-state index contributed by atoms with van der Waals surface area (Å²) in [5, 5.41) is 0. The van der Waals surface area contributed by atoms with E-state index in [9.17, 15) is 8.42 Å². The molecule has 1 heterocycles. The predicted octanol–water partition coefficient (Wildman–Crippen LogP) is 5.04. The van der Waals surface area contributed by atoms with Crippen LogP contribution in [-0.2, 0) is 29.4 Å². The molecule has 0 fully saturated rings. The molecular formula is C24H33N3O2S2. The molecule has 31 heavy (non-hydrogen) atoms. The second-order valence-corrected chi connectivity index (χ2v) is 10.1. The van der Waals surface area contributed by atoms with E-state index in [1.807, 2.05) is 61.7 Å². The maximum absolute atomic E-state index is 12.4. The Morgan fingerprint density at radius 1 is 1.13 bits per heavy atom. The van der Waals surface area contributed by atoms with Crippen LogP contribution in [0.5, 0.6) is 0 Å². The summed E-state index contributed by atoms with van der Waals surface area (Å²) >= 11 is 4.41. The van der Waals surface area contributed by atoms with Crippen LogP contribution in [0.2, 0.25) is 0 Å². The molecule has 0 amide bonds. The van der Waals surface area contributed by atoms with Gasteiger partial charge >= 0.3 is 0 Å². The Kier molecular flexibility index (Phi) is 9.81. The Hall–Kier alpha value is -2.09. The molecule has 0 aliphatic heterocycles. The molecule has 3 rings (SSSR count). The first kappa shape index (κ1) is 25.2. The Bertz CT molecular complexity index is 1020. The number of H-pyrrole nitrogens is 1. The lowest BCUT2D eigenvalue weighted by atomic mass is 9.99. The van der Waals surface area contributed by atoms with Gasteiger partial charge in [0.25, 0.3) is 0 Å². The number of hydrogen-bond donors (Lipinski definition) is 2. The highest BCUT2D eigenvalue weighted by Gasteiger charge is 2.26. The van der Waals surface area contributed by atoms with Crippen molar-refractivity contribution < 1.29 is 8.42 Å². The topological polar surface area (TPSA) is 66.1 Å². The molecular weight excluding hydrogens is 426 g/mol. The predicted molar refractivity (Wildman–Crippen MR) is 131 cm³/mol. The van der Waals surface area contributed by atoms with E-state index in [2.05, 4.69) is 36.4 Å². The summed E-state index contributed by atoms with van der Waals surface area (Å²) in [4.78, 5) is 7.72. The fourth-order valence-corrected chi connectivity index (χ4v) is 4.72. The smallest absolute Gasteiger partial charge is 0.211 e. The van der Waals surface area contributed by atoms with Crippen LogP contribution < -0.4 is 0 Å². The number of benzene rings is 2. The van der Waals surface area contributed by atoms with Crippen molar-refractivity contribution in [1.82, 2.24) is 14.3 Å². The molecule has 0 saturated carbocycles. The molecule has 5 nitrogen and oxygen atoms in total. The minimum atomic E-state index is -3.30. The molecule has 3 aromatic rings. The van der Waals surface area contributed by atoms with Crippen molar-refractivity contribution in [3.63, 3.8) is 0 Å². The lowest BCUT2D eigenvalue weighted by Crippen LogP contribution is -2.40. The fraction of sp³-hybridized carbons (Fsp3) is 0.375. The minimum Gasteiger partial charge on any atom is -0.349 e. The van der Waals surface area contributed by atoms with Gasteiger partial charge in [0.1, 0.15) is 0 Å². The van der Waals surface area contributed by atoms with Gasteiger partial charge in [-0.15, -0.1) is 12.6 Å². The fourth-order valence-electron chi connectivity index (χ4n) is 3.34. The van der Waals surface area contributed by atoms with Gasteiger partial charge in [0.2, 0.25) is 10.0 Å². The summed E-state index contributed by atoms with van der Waals surface area (Å²) in [7, 11) is -3.30. The zero-order valence-corrected chi connectivity index (χ0v) is 20.5. The van der Waals surface area contributed by atoms with E-state index in [0.717, 1.165) is 28.9 Å². The highest BCUT2D eigenvalue weighted by molar-refractivity contribution is 7.88. The Morgan fingerprint density at radius 2 is 1.84 bits per heavy atom. The molecule has 2 aromatic carbocycles. The molecule has 0 aliphatic rings. The van der Waals surface area contributed by atoms with Gasteiger partial charge in [0, 0.05) is 29.4 Å². The van der Waals surface area contributed by atoms with E-state index in [1.54, 1.807) is 10.6 Å². The van der Waals surface area contributed by atoms with Crippen LogP contribution in [0.4, 0.5) is 0 Å². The lowest BCUT2D eigenvalue weighted by molar-refractivity contribution is 0.304. The Morgan fingerprint density at radius 3 is 2.35 bits per heavy atom. The third-order valence-electron chi connectivity index (χ3n) is 5.21. The number of rotatable bonds is 8. The molecule has 0 saturated heterocycles. The monoisotopic (exact) mass is 459 g/mol. The summed E-state index contributed by atoms with van der Waals surface area (Å²) in [5.41, 5.74) is 4.51. The largest absolute Gasteiger partial charge is 0.349 e. The van der Waals surface area contributed by atoms with Gasteiger partial charge in [0.15, 0.2) is 0 Å². The number of thiol groups is 1. The number of sulfonamides is 1. The van der Waals surface area contributed by atoms with Crippen molar-refractivity contribution in [3.05, 3.63) is 83.4 Å². The highest BCUT2D eigenvalue weighted by atomic mass is 32.2. The van der Waals surface area contributed by atoms with Crippen molar-refractivity contribution in [3.8, 4) is 0 Å². The molecule has 0 spiro atoms. The van der Waals surface area contributed by atoms with E-state index < -0.39 is 10.0 Å².